The van der Waals surface area contributed by atoms with Gasteiger partial charge in [-0.1, -0.05) is 47.9 Å². The van der Waals surface area contributed by atoms with Crippen LogP contribution < -0.4 is 4.74 Å². The van der Waals surface area contributed by atoms with Crippen LogP contribution in [0.25, 0.3) is 11.3 Å². The van der Waals surface area contributed by atoms with Crippen molar-refractivity contribution in [3.05, 3.63) is 65.2 Å². The first-order chi connectivity index (χ1) is 16.5. The SMILES string of the molecule is C#CCOC[C@H](O)CN(Cc1c(-c2ccccc2)nn(C)c1Oc1ccc(Cl)cc1)CC1CC1. The normalized spacial score (nSPS) is 14.2. The number of terminal acetylenes is 1. The summed E-state index contributed by atoms with van der Waals surface area (Å²) < 4.78 is 13.4. The minimum absolute atomic E-state index is 0.194. The van der Waals surface area contributed by atoms with Crippen molar-refractivity contribution in [2.75, 3.05) is 26.3 Å². The highest BCUT2D eigenvalue weighted by Gasteiger charge is 2.28. The predicted molar refractivity (Wildman–Crippen MR) is 134 cm³/mol. The highest BCUT2D eigenvalue weighted by molar-refractivity contribution is 6.30. The Bertz CT molecular complexity index is 1100. The predicted octanol–water partition coefficient (Wildman–Crippen LogP) is 4.76. The zero-order valence-corrected chi connectivity index (χ0v) is 20.1. The molecule has 178 valence electrons. The molecule has 1 N–H and O–H groups in total. The number of aliphatic hydroxyl groups is 1. The fourth-order valence-electron chi connectivity index (χ4n) is 3.96. The van der Waals surface area contributed by atoms with Crippen LogP contribution in [0.4, 0.5) is 0 Å². The lowest BCUT2D eigenvalue weighted by atomic mass is 10.1. The largest absolute Gasteiger partial charge is 0.439 e. The van der Waals surface area contributed by atoms with E-state index in [0.717, 1.165) is 23.4 Å². The van der Waals surface area contributed by atoms with Crippen LogP contribution in [-0.2, 0) is 18.3 Å². The Hall–Kier alpha value is -2.82. The van der Waals surface area contributed by atoms with Gasteiger partial charge in [0.05, 0.1) is 18.3 Å². The van der Waals surface area contributed by atoms with Gasteiger partial charge in [0.1, 0.15) is 18.1 Å². The van der Waals surface area contributed by atoms with E-state index >= 15 is 0 Å². The van der Waals surface area contributed by atoms with Gasteiger partial charge in [-0.05, 0) is 43.0 Å². The fraction of sp³-hybridized carbons (Fsp3) is 0.370. The van der Waals surface area contributed by atoms with Crippen molar-refractivity contribution in [3.8, 4) is 35.2 Å². The van der Waals surface area contributed by atoms with Crippen LogP contribution in [0.15, 0.2) is 54.6 Å². The number of hydrogen-bond acceptors (Lipinski definition) is 5. The van der Waals surface area contributed by atoms with Gasteiger partial charge in [0, 0.05) is 37.3 Å². The first kappa shape index (κ1) is 24.3. The maximum absolute atomic E-state index is 10.6. The van der Waals surface area contributed by atoms with E-state index in [9.17, 15) is 5.11 Å². The van der Waals surface area contributed by atoms with E-state index in [2.05, 4.69) is 10.8 Å². The van der Waals surface area contributed by atoms with Crippen LogP contribution in [-0.4, -0.2) is 52.2 Å². The molecule has 3 aromatic rings. The molecule has 1 heterocycles. The summed E-state index contributed by atoms with van der Waals surface area (Å²) >= 11 is 6.05. The van der Waals surface area contributed by atoms with E-state index in [1.165, 1.54) is 12.8 Å². The molecule has 2 aromatic carbocycles. The van der Waals surface area contributed by atoms with E-state index in [1.54, 1.807) is 16.8 Å². The van der Waals surface area contributed by atoms with Crippen molar-refractivity contribution in [1.29, 1.82) is 0 Å². The lowest BCUT2D eigenvalue weighted by Gasteiger charge is -2.25. The quantitative estimate of drug-likeness (QED) is 0.300. The van der Waals surface area contributed by atoms with Crippen LogP contribution in [0.1, 0.15) is 18.4 Å². The third kappa shape index (κ3) is 6.62. The summed E-state index contributed by atoms with van der Waals surface area (Å²) in [5.41, 5.74) is 2.86. The Balaban J connectivity index is 1.63. The van der Waals surface area contributed by atoms with Crippen LogP contribution in [0.5, 0.6) is 11.6 Å². The molecule has 0 bridgehead atoms. The van der Waals surface area contributed by atoms with Crippen molar-refractivity contribution < 1.29 is 14.6 Å². The van der Waals surface area contributed by atoms with Gasteiger partial charge in [-0.2, -0.15) is 5.10 Å². The number of rotatable bonds is 12. The second-order valence-electron chi connectivity index (χ2n) is 8.69. The van der Waals surface area contributed by atoms with E-state index in [4.69, 9.17) is 32.6 Å². The van der Waals surface area contributed by atoms with Gasteiger partial charge in [-0.3, -0.25) is 4.90 Å². The lowest BCUT2D eigenvalue weighted by molar-refractivity contribution is 0.0250. The molecule has 4 rings (SSSR count). The zero-order chi connectivity index (χ0) is 23.9. The minimum atomic E-state index is -0.635. The summed E-state index contributed by atoms with van der Waals surface area (Å²) in [6.45, 7) is 2.36. The van der Waals surface area contributed by atoms with Gasteiger partial charge in [0.15, 0.2) is 0 Å². The Labute approximate surface area is 206 Å². The third-order valence-electron chi connectivity index (χ3n) is 5.72. The second-order valence-corrected chi connectivity index (χ2v) is 9.12. The number of nitrogens with zero attached hydrogens (tertiary/aromatic N) is 3. The highest BCUT2D eigenvalue weighted by Crippen LogP contribution is 2.36. The lowest BCUT2D eigenvalue weighted by Crippen LogP contribution is -2.36. The number of benzene rings is 2. The molecule has 1 aromatic heterocycles. The number of aryl methyl sites for hydroxylation is 1. The van der Waals surface area contributed by atoms with Crippen molar-refractivity contribution in [3.63, 3.8) is 0 Å². The summed E-state index contributed by atoms with van der Waals surface area (Å²) in [5.74, 6) is 4.44. The molecule has 1 aliphatic rings. The number of hydrogen-bond donors (Lipinski definition) is 1. The average molecular weight is 480 g/mol. The molecule has 1 fully saturated rings. The molecule has 1 aliphatic carbocycles. The molecular formula is C27H30ClN3O3. The first-order valence-corrected chi connectivity index (χ1v) is 11.9. The Morgan fingerprint density at radius 2 is 1.94 bits per heavy atom. The van der Waals surface area contributed by atoms with Gasteiger partial charge in [-0.15, -0.1) is 6.42 Å². The van der Waals surface area contributed by atoms with Crippen molar-refractivity contribution in [2.24, 2.45) is 13.0 Å². The highest BCUT2D eigenvalue weighted by atomic mass is 35.5. The van der Waals surface area contributed by atoms with Crippen LogP contribution in [0.2, 0.25) is 5.02 Å². The topological polar surface area (TPSA) is 59.8 Å². The summed E-state index contributed by atoms with van der Waals surface area (Å²) in [6.07, 6.45) is 7.05. The molecule has 0 spiro atoms. The number of ether oxygens (including phenoxy) is 2. The number of aromatic nitrogens is 2. The molecule has 0 saturated heterocycles. The summed E-state index contributed by atoms with van der Waals surface area (Å²) in [7, 11) is 1.88. The fourth-order valence-corrected chi connectivity index (χ4v) is 4.09. The van der Waals surface area contributed by atoms with E-state index in [-0.39, 0.29) is 13.2 Å². The Morgan fingerprint density at radius 1 is 1.21 bits per heavy atom. The van der Waals surface area contributed by atoms with Crippen LogP contribution in [0.3, 0.4) is 0 Å². The molecule has 0 radical (unpaired) electrons. The first-order valence-electron chi connectivity index (χ1n) is 11.5. The van der Waals surface area contributed by atoms with Gasteiger partial charge >= 0.3 is 0 Å². The molecule has 1 atom stereocenters. The van der Waals surface area contributed by atoms with Gasteiger partial charge in [0.25, 0.3) is 0 Å². The van der Waals surface area contributed by atoms with Gasteiger partial charge < -0.3 is 14.6 Å². The van der Waals surface area contributed by atoms with E-state index < -0.39 is 6.10 Å². The van der Waals surface area contributed by atoms with Crippen molar-refractivity contribution in [1.82, 2.24) is 14.7 Å². The Kier molecular flexibility index (Phi) is 8.25. The van der Waals surface area contributed by atoms with Crippen LogP contribution >= 0.6 is 11.6 Å². The molecule has 0 unspecified atom stereocenters. The molecule has 34 heavy (non-hydrogen) atoms. The maximum Gasteiger partial charge on any atom is 0.222 e. The average Bonchev–Trinajstić information content (AvgIpc) is 3.60. The number of halogens is 1. The molecular weight excluding hydrogens is 450 g/mol. The smallest absolute Gasteiger partial charge is 0.222 e. The molecule has 7 heteroatoms. The van der Waals surface area contributed by atoms with Crippen LogP contribution in [0, 0.1) is 18.3 Å². The molecule has 0 amide bonds. The van der Waals surface area contributed by atoms with Crippen molar-refractivity contribution in [2.45, 2.75) is 25.5 Å². The van der Waals surface area contributed by atoms with Gasteiger partial charge in [-0.25, -0.2) is 4.68 Å². The van der Waals surface area contributed by atoms with E-state index in [0.29, 0.717) is 35.7 Å². The number of aliphatic hydroxyl groups excluding tert-OH is 1. The monoisotopic (exact) mass is 479 g/mol. The van der Waals surface area contributed by atoms with E-state index in [1.807, 2.05) is 49.5 Å². The summed E-state index contributed by atoms with van der Waals surface area (Å²) in [6, 6.07) is 17.4. The van der Waals surface area contributed by atoms with Crippen molar-refractivity contribution >= 4 is 11.6 Å². The zero-order valence-electron chi connectivity index (χ0n) is 19.4. The van der Waals surface area contributed by atoms with Gasteiger partial charge in [0.2, 0.25) is 5.88 Å². The second kappa shape index (κ2) is 11.5. The molecule has 0 aliphatic heterocycles. The molecule has 1 saturated carbocycles. The Morgan fingerprint density at radius 3 is 2.62 bits per heavy atom. The standard InChI is InChI=1S/C27H30ClN3O3/c1-3-15-33-19-23(32)17-31(16-20-9-10-20)18-25-26(21-7-5-4-6-8-21)29-30(2)27(25)34-24-13-11-22(28)12-14-24/h1,4-8,11-14,20,23,32H,9-10,15-19H2,2H3/t23-/m1/s1. The summed E-state index contributed by atoms with van der Waals surface area (Å²) in [5, 5.41) is 16.0. The minimum Gasteiger partial charge on any atom is -0.439 e. The third-order valence-corrected chi connectivity index (χ3v) is 5.97. The summed E-state index contributed by atoms with van der Waals surface area (Å²) in [4.78, 5) is 2.26. The maximum atomic E-state index is 10.6. The molecule has 6 nitrogen and oxygen atoms in total.